The summed E-state index contributed by atoms with van der Waals surface area (Å²) < 4.78 is 32.3. The molecule has 3 nitrogen and oxygen atoms in total. The summed E-state index contributed by atoms with van der Waals surface area (Å²) in [6.45, 7) is 1.92. The van der Waals surface area contributed by atoms with Crippen molar-refractivity contribution in [1.82, 2.24) is 4.90 Å². The Bertz CT molecular complexity index is 511. The molecule has 0 aromatic heterocycles. The number of halogens is 2. The van der Waals surface area contributed by atoms with Gasteiger partial charge < -0.3 is 9.64 Å². The summed E-state index contributed by atoms with van der Waals surface area (Å²) in [5, 5.41) is 0. The highest BCUT2D eigenvalue weighted by Gasteiger charge is 2.36. The number of nitrogens with zero attached hydrogens (tertiary/aromatic N) is 1. The van der Waals surface area contributed by atoms with E-state index in [0.29, 0.717) is 25.7 Å². The molecule has 2 aliphatic rings. The third kappa shape index (κ3) is 2.82. The van der Waals surface area contributed by atoms with Crippen LogP contribution < -0.4 is 0 Å². The highest BCUT2D eigenvalue weighted by molar-refractivity contribution is 5.95. The van der Waals surface area contributed by atoms with Gasteiger partial charge in [-0.3, -0.25) is 4.79 Å². The first-order valence-corrected chi connectivity index (χ1v) is 6.99. The van der Waals surface area contributed by atoms with Crippen molar-refractivity contribution in [2.24, 2.45) is 5.92 Å². The van der Waals surface area contributed by atoms with Gasteiger partial charge in [0.15, 0.2) is 0 Å². The molecular weight excluding hydrogens is 264 g/mol. The van der Waals surface area contributed by atoms with Gasteiger partial charge in [-0.2, -0.15) is 0 Å². The highest BCUT2D eigenvalue weighted by atomic mass is 19.1. The van der Waals surface area contributed by atoms with Crippen LogP contribution in [0.15, 0.2) is 18.2 Å². The molecular formula is C15H17F2NO2. The Hall–Kier alpha value is -1.49. The number of rotatable bonds is 4. The van der Waals surface area contributed by atoms with Crippen molar-refractivity contribution in [2.45, 2.75) is 25.3 Å². The maximum absolute atomic E-state index is 13.7. The normalized spacial score (nSPS) is 22.0. The van der Waals surface area contributed by atoms with Crippen LogP contribution in [-0.4, -0.2) is 36.6 Å². The second kappa shape index (κ2) is 5.48. The summed E-state index contributed by atoms with van der Waals surface area (Å²) in [4.78, 5) is 14.2. The molecule has 1 aromatic carbocycles. The summed E-state index contributed by atoms with van der Waals surface area (Å²) in [6, 6.07) is 3.19. The Morgan fingerprint density at radius 1 is 1.30 bits per heavy atom. The van der Waals surface area contributed by atoms with Gasteiger partial charge in [-0.15, -0.1) is 0 Å². The molecule has 1 aliphatic heterocycles. The van der Waals surface area contributed by atoms with E-state index >= 15 is 0 Å². The Morgan fingerprint density at radius 3 is 2.75 bits per heavy atom. The molecule has 1 aromatic rings. The number of ether oxygens (including phenoxy) is 1. The van der Waals surface area contributed by atoms with Gasteiger partial charge in [0.1, 0.15) is 11.6 Å². The topological polar surface area (TPSA) is 29.5 Å². The van der Waals surface area contributed by atoms with Crippen LogP contribution in [0.1, 0.15) is 29.6 Å². The number of hydrogen-bond donors (Lipinski definition) is 0. The van der Waals surface area contributed by atoms with E-state index in [1.165, 1.54) is 0 Å². The summed E-state index contributed by atoms with van der Waals surface area (Å²) in [6.07, 6.45) is 2.80. The second-order valence-corrected chi connectivity index (χ2v) is 5.54. The molecule has 0 N–H and O–H groups in total. The van der Waals surface area contributed by atoms with E-state index in [9.17, 15) is 13.6 Å². The Labute approximate surface area is 116 Å². The van der Waals surface area contributed by atoms with E-state index in [0.717, 1.165) is 37.5 Å². The van der Waals surface area contributed by atoms with Crippen LogP contribution in [0.4, 0.5) is 8.78 Å². The number of amides is 1. The maximum Gasteiger partial charge on any atom is 0.257 e. The van der Waals surface area contributed by atoms with Crippen LogP contribution in [0.3, 0.4) is 0 Å². The quantitative estimate of drug-likeness (QED) is 0.849. The van der Waals surface area contributed by atoms with Crippen LogP contribution >= 0.6 is 0 Å². The van der Waals surface area contributed by atoms with Crippen LogP contribution in [-0.2, 0) is 4.74 Å². The largest absolute Gasteiger partial charge is 0.381 e. The lowest BCUT2D eigenvalue weighted by atomic mass is 10.1. The highest BCUT2D eigenvalue weighted by Crippen LogP contribution is 2.30. The molecule has 2 fully saturated rings. The van der Waals surface area contributed by atoms with Gasteiger partial charge in [0.05, 0.1) is 12.2 Å². The van der Waals surface area contributed by atoms with Crippen LogP contribution in [0.5, 0.6) is 0 Å². The van der Waals surface area contributed by atoms with E-state index in [2.05, 4.69) is 0 Å². The maximum atomic E-state index is 13.7. The van der Waals surface area contributed by atoms with Crippen LogP contribution in [0.2, 0.25) is 0 Å². The van der Waals surface area contributed by atoms with Crippen molar-refractivity contribution in [1.29, 1.82) is 0 Å². The molecule has 5 heteroatoms. The van der Waals surface area contributed by atoms with E-state index < -0.39 is 17.5 Å². The predicted octanol–water partition coefficient (Wildman–Crippen LogP) is 2.61. The van der Waals surface area contributed by atoms with Gasteiger partial charge >= 0.3 is 0 Å². The SMILES string of the molecule is O=C(c1cc(F)ccc1F)N(CC1CCOC1)C1CC1. The average molecular weight is 281 g/mol. The summed E-state index contributed by atoms with van der Waals surface area (Å²) >= 11 is 0. The van der Waals surface area contributed by atoms with Crippen LogP contribution in [0.25, 0.3) is 0 Å². The molecule has 1 atom stereocenters. The number of hydrogen-bond acceptors (Lipinski definition) is 2. The van der Waals surface area contributed by atoms with Crippen LogP contribution in [0, 0.1) is 17.6 Å². The summed E-state index contributed by atoms with van der Waals surface area (Å²) in [7, 11) is 0. The van der Waals surface area contributed by atoms with E-state index in [1.54, 1.807) is 4.90 Å². The van der Waals surface area contributed by atoms with Crippen molar-refractivity contribution < 1.29 is 18.3 Å². The fourth-order valence-corrected chi connectivity index (χ4v) is 2.61. The molecule has 1 unspecified atom stereocenters. The molecule has 1 heterocycles. The number of carbonyl (C=O) groups is 1. The van der Waals surface area contributed by atoms with Crippen molar-refractivity contribution >= 4 is 5.91 Å². The molecule has 0 bridgehead atoms. The van der Waals surface area contributed by atoms with Gasteiger partial charge in [0.2, 0.25) is 0 Å². The molecule has 1 amide bonds. The Morgan fingerprint density at radius 2 is 2.10 bits per heavy atom. The Balaban J connectivity index is 1.79. The predicted molar refractivity (Wildman–Crippen MR) is 69.3 cm³/mol. The minimum atomic E-state index is -0.662. The molecule has 20 heavy (non-hydrogen) atoms. The first-order valence-electron chi connectivity index (χ1n) is 6.99. The zero-order chi connectivity index (χ0) is 14.1. The number of benzene rings is 1. The molecule has 1 saturated heterocycles. The minimum Gasteiger partial charge on any atom is -0.381 e. The number of carbonyl (C=O) groups excluding carboxylic acids is 1. The smallest absolute Gasteiger partial charge is 0.257 e. The molecule has 0 radical (unpaired) electrons. The van der Waals surface area contributed by atoms with Gasteiger partial charge in [0.25, 0.3) is 5.91 Å². The molecule has 108 valence electrons. The van der Waals surface area contributed by atoms with E-state index in [1.807, 2.05) is 0 Å². The monoisotopic (exact) mass is 281 g/mol. The molecule has 0 spiro atoms. The minimum absolute atomic E-state index is 0.171. The molecule has 1 aliphatic carbocycles. The van der Waals surface area contributed by atoms with E-state index in [-0.39, 0.29) is 11.6 Å². The lowest BCUT2D eigenvalue weighted by Crippen LogP contribution is -2.38. The van der Waals surface area contributed by atoms with Crippen molar-refractivity contribution in [3.05, 3.63) is 35.4 Å². The van der Waals surface area contributed by atoms with Crippen molar-refractivity contribution in [2.75, 3.05) is 19.8 Å². The fraction of sp³-hybridized carbons (Fsp3) is 0.533. The first-order chi connectivity index (χ1) is 9.65. The summed E-state index contributed by atoms with van der Waals surface area (Å²) in [5.41, 5.74) is -0.171. The fourth-order valence-electron chi connectivity index (χ4n) is 2.61. The van der Waals surface area contributed by atoms with Gasteiger partial charge in [-0.1, -0.05) is 0 Å². The third-order valence-electron chi connectivity index (χ3n) is 3.89. The summed E-state index contributed by atoms with van der Waals surface area (Å²) in [5.74, 6) is -1.35. The lowest BCUT2D eigenvalue weighted by molar-refractivity contribution is 0.0701. The lowest BCUT2D eigenvalue weighted by Gasteiger charge is -2.25. The van der Waals surface area contributed by atoms with Crippen molar-refractivity contribution in [3.8, 4) is 0 Å². The van der Waals surface area contributed by atoms with Gasteiger partial charge in [-0.05, 0) is 37.5 Å². The Kier molecular flexibility index (Phi) is 3.70. The third-order valence-corrected chi connectivity index (χ3v) is 3.89. The average Bonchev–Trinajstić information content (AvgIpc) is 3.15. The van der Waals surface area contributed by atoms with Gasteiger partial charge in [-0.25, -0.2) is 8.78 Å². The first kappa shape index (κ1) is 13.5. The molecule has 3 rings (SSSR count). The van der Waals surface area contributed by atoms with Crippen molar-refractivity contribution in [3.63, 3.8) is 0 Å². The zero-order valence-corrected chi connectivity index (χ0v) is 11.1. The van der Waals surface area contributed by atoms with Gasteiger partial charge in [0, 0.05) is 25.1 Å². The standard InChI is InChI=1S/C15H17F2NO2/c16-11-1-4-14(17)13(7-11)15(19)18(12-2-3-12)8-10-5-6-20-9-10/h1,4,7,10,12H,2-3,5-6,8-9H2. The zero-order valence-electron chi connectivity index (χ0n) is 11.1. The van der Waals surface area contributed by atoms with E-state index in [4.69, 9.17) is 4.74 Å². The molecule has 1 saturated carbocycles. The second-order valence-electron chi connectivity index (χ2n) is 5.54.